The molecule has 0 aromatic carbocycles. The van der Waals surface area contributed by atoms with Gasteiger partial charge in [0.05, 0.1) is 12.2 Å². The molecule has 5 nitrogen and oxygen atoms in total. The molecule has 1 unspecified atom stereocenters. The zero-order chi connectivity index (χ0) is 9.97. The quantitative estimate of drug-likeness (QED) is 0.900. The SMILES string of the molecule is CC(Nc1nnc(Br)s1)c1cn[nH]c1. The van der Waals surface area contributed by atoms with Crippen LogP contribution >= 0.6 is 27.3 Å². The molecule has 0 aliphatic heterocycles. The molecule has 0 saturated carbocycles. The van der Waals surface area contributed by atoms with E-state index in [0.29, 0.717) is 0 Å². The van der Waals surface area contributed by atoms with Crippen molar-refractivity contribution in [2.24, 2.45) is 0 Å². The van der Waals surface area contributed by atoms with Crippen molar-refractivity contribution < 1.29 is 0 Å². The first-order valence-corrected chi connectivity index (χ1v) is 5.61. The molecule has 2 N–H and O–H groups in total. The maximum Gasteiger partial charge on any atom is 0.206 e. The van der Waals surface area contributed by atoms with Crippen molar-refractivity contribution in [2.75, 3.05) is 5.32 Å². The zero-order valence-electron chi connectivity index (χ0n) is 7.36. The highest BCUT2D eigenvalue weighted by atomic mass is 79.9. The van der Waals surface area contributed by atoms with E-state index in [1.165, 1.54) is 11.3 Å². The standard InChI is InChI=1S/C7H8BrN5S/c1-4(5-2-9-10-3-5)11-7-13-12-6(8)14-7/h2-4H,1H3,(H,9,10)(H,11,13). The number of nitrogens with one attached hydrogen (secondary N) is 2. The van der Waals surface area contributed by atoms with E-state index < -0.39 is 0 Å². The number of aromatic nitrogens is 4. The number of hydrogen-bond donors (Lipinski definition) is 2. The second-order valence-electron chi connectivity index (χ2n) is 2.76. The molecule has 0 bridgehead atoms. The third-order valence-corrected chi connectivity index (χ3v) is 3.05. The molecule has 0 spiro atoms. The molecule has 74 valence electrons. The van der Waals surface area contributed by atoms with Crippen molar-refractivity contribution in [1.82, 2.24) is 20.4 Å². The van der Waals surface area contributed by atoms with Crippen LogP contribution < -0.4 is 5.32 Å². The summed E-state index contributed by atoms with van der Waals surface area (Å²) in [6.45, 7) is 2.04. The first kappa shape index (κ1) is 9.60. The maximum atomic E-state index is 3.95. The Balaban J connectivity index is 2.05. The van der Waals surface area contributed by atoms with Crippen molar-refractivity contribution in [2.45, 2.75) is 13.0 Å². The lowest BCUT2D eigenvalue weighted by atomic mass is 10.2. The third kappa shape index (κ3) is 2.10. The first-order valence-electron chi connectivity index (χ1n) is 4.00. The van der Waals surface area contributed by atoms with Crippen LogP contribution in [0.3, 0.4) is 0 Å². The van der Waals surface area contributed by atoms with E-state index in [9.17, 15) is 0 Å². The molecule has 2 rings (SSSR count). The van der Waals surface area contributed by atoms with Gasteiger partial charge in [-0.3, -0.25) is 5.10 Å². The minimum Gasteiger partial charge on any atom is -0.353 e. The van der Waals surface area contributed by atoms with E-state index in [0.717, 1.165) is 14.6 Å². The van der Waals surface area contributed by atoms with Crippen LogP contribution in [0.1, 0.15) is 18.5 Å². The molecule has 0 aliphatic carbocycles. The lowest BCUT2D eigenvalue weighted by molar-refractivity contribution is 0.874. The van der Waals surface area contributed by atoms with Gasteiger partial charge in [0, 0.05) is 11.8 Å². The maximum absolute atomic E-state index is 3.95. The molecule has 14 heavy (non-hydrogen) atoms. The fraction of sp³-hybridized carbons (Fsp3) is 0.286. The van der Waals surface area contributed by atoms with Gasteiger partial charge < -0.3 is 5.32 Å². The predicted octanol–water partition coefficient (Wildman–Crippen LogP) is 2.20. The van der Waals surface area contributed by atoms with E-state index in [4.69, 9.17) is 0 Å². The molecule has 7 heteroatoms. The lowest BCUT2D eigenvalue weighted by Crippen LogP contribution is -2.05. The number of rotatable bonds is 3. The number of halogens is 1. The van der Waals surface area contributed by atoms with Crippen LogP contribution in [-0.2, 0) is 0 Å². The molecule has 2 aromatic rings. The molecule has 0 saturated heterocycles. The van der Waals surface area contributed by atoms with E-state index >= 15 is 0 Å². The highest BCUT2D eigenvalue weighted by Gasteiger charge is 2.08. The van der Waals surface area contributed by atoms with Gasteiger partial charge in [-0.25, -0.2) is 0 Å². The molecule has 1 atom stereocenters. The monoisotopic (exact) mass is 273 g/mol. The van der Waals surface area contributed by atoms with Crippen LogP contribution in [0.15, 0.2) is 16.3 Å². The zero-order valence-corrected chi connectivity index (χ0v) is 9.76. The average Bonchev–Trinajstić information content (AvgIpc) is 2.75. The Hall–Kier alpha value is -0.950. The number of aromatic amines is 1. The highest BCUT2D eigenvalue weighted by molar-refractivity contribution is 9.11. The highest BCUT2D eigenvalue weighted by Crippen LogP contribution is 2.24. The Morgan fingerprint density at radius 1 is 1.57 bits per heavy atom. The summed E-state index contributed by atoms with van der Waals surface area (Å²) in [6, 6.07) is 0.175. The number of anilines is 1. The van der Waals surface area contributed by atoms with Gasteiger partial charge in [-0.15, -0.1) is 10.2 Å². The summed E-state index contributed by atoms with van der Waals surface area (Å²) in [7, 11) is 0. The Bertz CT molecular complexity index is 398. The van der Waals surface area contributed by atoms with Gasteiger partial charge in [0.1, 0.15) is 0 Å². The smallest absolute Gasteiger partial charge is 0.206 e. The second kappa shape index (κ2) is 4.05. The largest absolute Gasteiger partial charge is 0.353 e. The molecule has 0 fully saturated rings. The van der Waals surface area contributed by atoms with Gasteiger partial charge >= 0.3 is 0 Å². The summed E-state index contributed by atoms with van der Waals surface area (Å²) < 4.78 is 0.777. The summed E-state index contributed by atoms with van der Waals surface area (Å²) in [5, 5.41) is 18.5. The van der Waals surface area contributed by atoms with Gasteiger partial charge in [0.2, 0.25) is 5.13 Å². The van der Waals surface area contributed by atoms with Crippen LogP contribution in [0.4, 0.5) is 5.13 Å². The van der Waals surface area contributed by atoms with Crippen LogP contribution in [0.2, 0.25) is 0 Å². The third-order valence-electron chi connectivity index (χ3n) is 1.76. The van der Waals surface area contributed by atoms with Gasteiger partial charge in [-0.05, 0) is 22.9 Å². The van der Waals surface area contributed by atoms with Gasteiger partial charge in [-0.1, -0.05) is 11.3 Å². The molecule has 0 amide bonds. The van der Waals surface area contributed by atoms with Crippen LogP contribution in [0.25, 0.3) is 0 Å². The summed E-state index contributed by atoms with van der Waals surface area (Å²) >= 11 is 4.72. The predicted molar refractivity (Wildman–Crippen MR) is 58.2 cm³/mol. The molecule has 0 aliphatic rings. The lowest BCUT2D eigenvalue weighted by Gasteiger charge is -2.08. The molecule has 2 heterocycles. The Morgan fingerprint density at radius 2 is 2.43 bits per heavy atom. The molecule has 2 aromatic heterocycles. The van der Waals surface area contributed by atoms with Crippen LogP contribution in [-0.4, -0.2) is 20.4 Å². The van der Waals surface area contributed by atoms with Crippen LogP contribution in [0.5, 0.6) is 0 Å². The van der Waals surface area contributed by atoms with Gasteiger partial charge in [0.15, 0.2) is 3.92 Å². The van der Waals surface area contributed by atoms with E-state index in [1.54, 1.807) is 6.20 Å². The summed E-state index contributed by atoms with van der Waals surface area (Å²) in [6.07, 6.45) is 3.64. The van der Waals surface area contributed by atoms with Gasteiger partial charge in [-0.2, -0.15) is 5.10 Å². The van der Waals surface area contributed by atoms with E-state index in [1.807, 2.05) is 13.1 Å². The van der Waals surface area contributed by atoms with Crippen molar-refractivity contribution >= 4 is 32.4 Å². The summed E-state index contributed by atoms with van der Waals surface area (Å²) in [5.74, 6) is 0. The van der Waals surface area contributed by atoms with Crippen LogP contribution in [0, 0.1) is 0 Å². The number of H-pyrrole nitrogens is 1. The Morgan fingerprint density at radius 3 is 3.00 bits per heavy atom. The summed E-state index contributed by atoms with van der Waals surface area (Å²) in [5.41, 5.74) is 1.09. The molecular weight excluding hydrogens is 266 g/mol. The molecule has 0 radical (unpaired) electrons. The summed E-state index contributed by atoms with van der Waals surface area (Å²) in [4.78, 5) is 0. The minimum atomic E-state index is 0.175. The molecular formula is C7H8BrN5S. The van der Waals surface area contributed by atoms with E-state index in [-0.39, 0.29) is 6.04 Å². The first-order chi connectivity index (χ1) is 6.75. The Labute approximate surface area is 93.1 Å². The fourth-order valence-electron chi connectivity index (χ4n) is 1.03. The Kier molecular flexibility index (Phi) is 2.78. The number of nitrogens with zero attached hydrogens (tertiary/aromatic N) is 3. The average molecular weight is 274 g/mol. The topological polar surface area (TPSA) is 66.5 Å². The van der Waals surface area contributed by atoms with Crippen molar-refractivity contribution in [3.8, 4) is 0 Å². The van der Waals surface area contributed by atoms with Crippen molar-refractivity contribution in [1.29, 1.82) is 0 Å². The minimum absolute atomic E-state index is 0.175. The van der Waals surface area contributed by atoms with Crippen molar-refractivity contribution in [3.05, 3.63) is 21.9 Å². The van der Waals surface area contributed by atoms with Gasteiger partial charge in [0.25, 0.3) is 0 Å². The van der Waals surface area contributed by atoms with Crippen molar-refractivity contribution in [3.63, 3.8) is 0 Å². The van der Waals surface area contributed by atoms with E-state index in [2.05, 4.69) is 41.6 Å². The normalized spacial score (nSPS) is 12.7. The number of hydrogen-bond acceptors (Lipinski definition) is 5. The fourth-order valence-corrected chi connectivity index (χ4v) is 2.13. The second-order valence-corrected chi connectivity index (χ2v) is 5.01.